The third-order valence-corrected chi connectivity index (χ3v) is 3.77. The maximum atomic E-state index is 13.6. The normalized spacial score (nSPS) is 10.9. The molecule has 0 radical (unpaired) electrons. The van der Waals surface area contributed by atoms with Crippen LogP contribution in [0.15, 0.2) is 23.1 Å². The number of halogens is 1. The highest BCUT2D eigenvalue weighted by Gasteiger charge is 2.09. The third-order valence-electron chi connectivity index (χ3n) is 2.74. The number of carbonyl (C=O) groups is 1. The van der Waals surface area contributed by atoms with E-state index in [4.69, 9.17) is 5.11 Å². The molecule has 0 aliphatic heterocycles. The number of aromatic carboxylic acids is 1. The van der Waals surface area contributed by atoms with Crippen LogP contribution in [0.5, 0.6) is 0 Å². The summed E-state index contributed by atoms with van der Waals surface area (Å²) in [6, 6.07) is 4.04. The summed E-state index contributed by atoms with van der Waals surface area (Å²) in [6.07, 6.45) is 0. The third kappa shape index (κ3) is 4.31. The van der Waals surface area contributed by atoms with Crippen LogP contribution in [0.3, 0.4) is 0 Å². The standard InChI is InChI=1S/C13H18FNO2S/c1-3-15(4-2)7-8-18-12-6-5-10(13(16)17)9-11(12)14/h5-6,9H,3-4,7-8H2,1-2H3,(H,16,17). The topological polar surface area (TPSA) is 40.5 Å². The number of benzene rings is 1. The van der Waals surface area contributed by atoms with E-state index in [9.17, 15) is 9.18 Å². The van der Waals surface area contributed by atoms with Crippen LogP contribution in [0.1, 0.15) is 24.2 Å². The molecule has 18 heavy (non-hydrogen) atoms. The molecule has 0 heterocycles. The number of thioether (sulfide) groups is 1. The molecule has 0 aliphatic rings. The molecule has 3 nitrogen and oxygen atoms in total. The summed E-state index contributed by atoms with van der Waals surface area (Å²) in [5, 5.41) is 8.73. The minimum atomic E-state index is -1.10. The minimum absolute atomic E-state index is 0.0133. The van der Waals surface area contributed by atoms with Crippen LogP contribution in [-0.2, 0) is 0 Å². The minimum Gasteiger partial charge on any atom is -0.478 e. The summed E-state index contributed by atoms with van der Waals surface area (Å²) in [4.78, 5) is 13.4. The zero-order valence-electron chi connectivity index (χ0n) is 10.6. The van der Waals surface area contributed by atoms with Crippen molar-refractivity contribution in [3.63, 3.8) is 0 Å². The fraction of sp³-hybridized carbons (Fsp3) is 0.462. The smallest absolute Gasteiger partial charge is 0.335 e. The maximum absolute atomic E-state index is 13.6. The Bertz CT molecular complexity index is 408. The number of rotatable bonds is 7. The van der Waals surface area contributed by atoms with Crippen molar-refractivity contribution in [3.05, 3.63) is 29.6 Å². The Balaban J connectivity index is 2.55. The lowest BCUT2D eigenvalue weighted by molar-refractivity contribution is 0.0696. The number of carboxylic acid groups (broad SMARTS) is 1. The van der Waals surface area contributed by atoms with Gasteiger partial charge in [-0.15, -0.1) is 11.8 Å². The Morgan fingerprint density at radius 1 is 1.39 bits per heavy atom. The Labute approximate surface area is 111 Å². The van der Waals surface area contributed by atoms with E-state index in [1.54, 1.807) is 0 Å². The Kier molecular flexibility index (Phi) is 6.15. The van der Waals surface area contributed by atoms with Crippen molar-refractivity contribution >= 4 is 17.7 Å². The van der Waals surface area contributed by atoms with E-state index in [-0.39, 0.29) is 5.56 Å². The molecule has 100 valence electrons. The zero-order chi connectivity index (χ0) is 13.5. The number of nitrogens with zero attached hydrogens (tertiary/aromatic N) is 1. The molecule has 1 rings (SSSR count). The highest BCUT2D eigenvalue weighted by atomic mass is 32.2. The van der Waals surface area contributed by atoms with Gasteiger partial charge in [-0.1, -0.05) is 13.8 Å². The molecule has 1 N–H and O–H groups in total. The van der Waals surface area contributed by atoms with Crippen molar-refractivity contribution in [2.24, 2.45) is 0 Å². The van der Waals surface area contributed by atoms with Gasteiger partial charge in [0.05, 0.1) is 5.56 Å². The monoisotopic (exact) mass is 271 g/mol. The number of carboxylic acids is 1. The van der Waals surface area contributed by atoms with Gasteiger partial charge in [0.25, 0.3) is 0 Å². The molecule has 0 saturated heterocycles. The van der Waals surface area contributed by atoms with Gasteiger partial charge in [0.2, 0.25) is 0 Å². The highest BCUT2D eigenvalue weighted by Crippen LogP contribution is 2.22. The summed E-state index contributed by atoms with van der Waals surface area (Å²) in [5.74, 6) is -0.765. The van der Waals surface area contributed by atoms with Crippen molar-refractivity contribution in [1.29, 1.82) is 0 Å². The van der Waals surface area contributed by atoms with E-state index >= 15 is 0 Å². The second-order valence-electron chi connectivity index (χ2n) is 3.83. The fourth-order valence-electron chi connectivity index (χ4n) is 1.58. The summed E-state index contributed by atoms with van der Waals surface area (Å²) in [6.45, 7) is 7.06. The highest BCUT2D eigenvalue weighted by molar-refractivity contribution is 7.99. The lowest BCUT2D eigenvalue weighted by Gasteiger charge is -2.17. The fourth-order valence-corrected chi connectivity index (χ4v) is 2.51. The average Bonchev–Trinajstić information content (AvgIpc) is 2.36. The van der Waals surface area contributed by atoms with Gasteiger partial charge in [-0.3, -0.25) is 0 Å². The van der Waals surface area contributed by atoms with E-state index < -0.39 is 11.8 Å². The van der Waals surface area contributed by atoms with Crippen LogP contribution in [0.25, 0.3) is 0 Å². The predicted octanol–water partition coefficient (Wildman–Crippen LogP) is 2.96. The molecule has 0 spiro atoms. The first-order valence-corrected chi connectivity index (χ1v) is 6.95. The molecule has 0 fully saturated rings. The van der Waals surface area contributed by atoms with Gasteiger partial charge in [-0.25, -0.2) is 9.18 Å². The Hall–Kier alpha value is -1.07. The van der Waals surface area contributed by atoms with Crippen molar-refractivity contribution in [1.82, 2.24) is 4.90 Å². The largest absolute Gasteiger partial charge is 0.478 e. The molecular weight excluding hydrogens is 253 g/mol. The summed E-state index contributed by atoms with van der Waals surface area (Å²) in [5.41, 5.74) is -0.0133. The van der Waals surface area contributed by atoms with Gasteiger partial charge >= 0.3 is 5.97 Å². The number of hydrogen-bond acceptors (Lipinski definition) is 3. The molecular formula is C13H18FNO2S. The molecule has 1 aromatic carbocycles. The van der Waals surface area contributed by atoms with Gasteiger partial charge in [-0.2, -0.15) is 0 Å². The van der Waals surface area contributed by atoms with Crippen LogP contribution in [0.2, 0.25) is 0 Å². The second-order valence-corrected chi connectivity index (χ2v) is 4.96. The first-order valence-electron chi connectivity index (χ1n) is 5.96. The van der Waals surface area contributed by atoms with Crippen molar-refractivity contribution in [2.45, 2.75) is 18.7 Å². The Morgan fingerprint density at radius 3 is 2.56 bits per heavy atom. The van der Waals surface area contributed by atoms with Crippen LogP contribution in [0, 0.1) is 5.82 Å². The average molecular weight is 271 g/mol. The van der Waals surface area contributed by atoms with Gasteiger partial charge < -0.3 is 10.0 Å². The molecule has 5 heteroatoms. The molecule has 0 unspecified atom stereocenters. The van der Waals surface area contributed by atoms with E-state index in [1.165, 1.54) is 23.9 Å². The van der Waals surface area contributed by atoms with Gasteiger partial charge in [0.1, 0.15) is 5.82 Å². The second kappa shape index (κ2) is 7.38. The van der Waals surface area contributed by atoms with Crippen LogP contribution >= 0.6 is 11.8 Å². The molecule has 0 aromatic heterocycles. The maximum Gasteiger partial charge on any atom is 0.335 e. The van der Waals surface area contributed by atoms with Gasteiger partial charge in [0.15, 0.2) is 0 Å². The van der Waals surface area contributed by atoms with Gasteiger partial charge in [-0.05, 0) is 31.3 Å². The molecule has 0 bridgehead atoms. The first-order chi connectivity index (χ1) is 8.58. The molecule has 0 atom stereocenters. The summed E-state index contributed by atoms with van der Waals surface area (Å²) < 4.78 is 13.6. The Morgan fingerprint density at radius 2 is 2.06 bits per heavy atom. The molecule has 0 aliphatic carbocycles. The summed E-state index contributed by atoms with van der Waals surface area (Å²) >= 11 is 1.42. The van der Waals surface area contributed by atoms with Crippen LogP contribution < -0.4 is 0 Å². The molecule has 0 amide bonds. The van der Waals surface area contributed by atoms with E-state index in [1.807, 2.05) is 0 Å². The van der Waals surface area contributed by atoms with E-state index in [0.29, 0.717) is 4.90 Å². The zero-order valence-corrected chi connectivity index (χ0v) is 11.5. The van der Waals surface area contributed by atoms with Gasteiger partial charge in [0, 0.05) is 17.2 Å². The predicted molar refractivity (Wildman–Crippen MR) is 71.9 cm³/mol. The first kappa shape index (κ1) is 15.0. The van der Waals surface area contributed by atoms with Crippen molar-refractivity contribution in [2.75, 3.05) is 25.4 Å². The van der Waals surface area contributed by atoms with E-state index in [0.717, 1.165) is 31.5 Å². The summed E-state index contributed by atoms with van der Waals surface area (Å²) in [7, 11) is 0. The quantitative estimate of drug-likeness (QED) is 0.774. The van der Waals surface area contributed by atoms with Crippen molar-refractivity contribution < 1.29 is 14.3 Å². The van der Waals surface area contributed by atoms with E-state index in [2.05, 4.69) is 18.7 Å². The SMILES string of the molecule is CCN(CC)CCSc1ccc(C(=O)O)cc1F. The molecule has 0 saturated carbocycles. The lowest BCUT2D eigenvalue weighted by atomic mass is 10.2. The van der Waals surface area contributed by atoms with Crippen LogP contribution in [0.4, 0.5) is 4.39 Å². The lowest BCUT2D eigenvalue weighted by Crippen LogP contribution is -2.25. The van der Waals surface area contributed by atoms with Crippen LogP contribution in [-0.4, -0.2) is 41.4 Å². The van der Waals surface area contributed by atoms with Crippen molar-refractivity contribution in [3.8, 4) is 0 Å². The molecule has 1 aromatic rings. The number of hydrogen-bond donors (Lipinski definition) is 1.